The molecule has 2 atom stereocenters. The third kappa shape index (κ3) is 7.95. The molecule has 0 bridgehead atoms. The molecule has 1 unspecified atom stereocenters. The number of amidine groups is 1. The third-order valence-corrected chi connectivity index (χ3v) is 6.73. The van der Waals surface area contributed by atoms with E-state index in [1.165, 1.54) is 7.11 Å². The first-order chi connectivity index (χ1) is 19.7. The number of imide groups is 1. The molecule has 2 heterocycles. The van der Waals surface area contributed by atoms with Crippen molar-refractivity contribution in [2.24, 2.45) is 11.1 Å². The van der Waals surface area contributed by atoms with Gasteiger partial charge in [-0.15, -0.1) is 0 Å². The lowest BCUT2D eigenvalue weighted by atomic mass is 9.97. The molecule has 0 radical (unpaired) electrons. The van der Waals surface area contributed by atoms with E-state index in [-0.39, 0.29) is 37.6 Å². The smallest absolute Gasteiger partial charge is 0.325 e. The minimum absolute atomic E-state index is 0.0994. The van der Waals surface area contributed by atoms with Gasteiger partial charge in [0.05, 0.1) is 32.0 Å². The van der Waals surface area contributed by atoms with E-state index in [0.717, 1.165) is 16.0 Å². The van der Waals surface area contributed by atoms with Crippen LogP contribution in [0, 0.1) is 5.92 Å². The van der Waals surface area contributed by atoms with Crippen LogP contribution in [-0.4, -0.2) is 58.9 Å². The molecule has 1 saturated heterocycles. The highest BCUT2D eigenvalue weighted by Gasteiger charge is 2.34. The van der Waals surface area contributed by atoms with Crippen LogP contribution >= 0.6 is 11.6 Å². The van der Waals surface area contributed by atoms with E-state index < -0.39 is 29.9 Å². The van der Waals surface area contributed by atoms with E-state index in [1.807, 2.05) is 0 Å². The van der Waals surface area contributed by atoms with Crippen molar-refractivity contribution in [1.29, 1.82) is 0 Å². The van der Waals surface area contributed by atoms with Crippen LogP contribution in [0.4, 0.5) is 4.79 Å². The number of pyridine rings is 1. The van der Waals surface area contributed by atoms with Crippen LogP contribution in [-0.2, 0) is 22.4 Å². The van der Waals surface area contributed by atoms with Gasteiger partial charge in [0.1, 0.15) is 5.75 Å². The zero-order valence-electron chi connectivity index (χ0n) is 22.5. The van der Waals surface area contributed by atoms with Crippen LogP contribution in [0.1, 0.15) is 29.7 Å². The number of oxime groups is 1. The molecule has 1 aliphatic heterocycles. The van der Waals surface area contributed by atoms with E-state index >= 15 is 0 Å². The summed E-state index contributed by atoms with van der Waals surface area (Å²) in [6.45, 7) is 1.80. The zero-order valence-corrected chi connectivity index (χ0v) is 23.3. The van der Waals surface area contributed by atoms with Crippen LogP contribution in [0.25, 0.3) is 0 Å². The van der Waals surface area contributed by atoms with E-state index in [1.54, 1.807) is 73.8 Å². The number of carboxylic acid groups (broad SMARTS) is 1. The Morgan fingerprint density at radius 3 is 2.68 bits per heavy atom. The second-order valence-electron chi connectivity index (χ2n) is 9.44. The van der Waals surface area contributed by atoms with Crippen molar-refractivity contribution in [3.05, 3.63) is 88.6 Å². The summed E-state index contributed by atoms with van der Waals surface area (Å²) >= 11 is 6.21. The van der Waals surface area contributed by atoms with Gasteiger partial charge in [-0.1, -0.05) is 47.1 Å². The molecule has 4 rings (SSSR count). The van der Waals surface area contributed by atoms with Gasteiger partial charge < -0.3 is 25.3 Å². The minimum atomic E-state index is -0.929. The number of methoxy groups -OCH3 is 1. The second kappa shape index (κ2) is 13.6. The van der Waals surface area contributed by atoms with Gasteiger partial charge >= 0.3 is 12.0 Å². The number of aliphatic carboxylic acids is 1. The van der Waals surface area contributed by atoms with Crippen molar-refractivity contribution < 1.29 is 29.1 Å². The second-order valence-corrected chi connectivity index (χ2v) is 9.88. The summed E-state index contributed by atoms with van der Waals surface area (Å²) in [5, 5.41) is 19.6. The fourth-order valence-corrected chi connectivity index (χ4v) is 4.54. The number of carbonyl (C=O) groups is 3. The van der Waals surface area contributed by atoms with Gasteiger partial charge in [0, 0.05) is 23.8 Å². The molecule has 2 aromatic carbocycles. The van der Waals surface area contributed by atoms with Gasteiger partial charge in [-0.25, -0.2) is 9.78 Å². The van der Waals surface area contributed by atoms with Crippen molar-refractivity contribution in [3.8, 4) is 11.6 Å². The number of nitrogens with zero attached hydrogens (tertiary/aromatic N) is 3. The molecule has 11 nitrogen and oxygen atoms in total. The van der Waals surface area contributed by atoms with Crippen molar-refractivity contribution >= 4 is 35.3 Å². The standard InChI is InChI=1S/C29H30ClN5O6/c1-18(20-8-6-19(7-9-20)13-27(36)37)33-29(39)35-17-25(34-41-26-5-3-4-12-31-26)32-16-22(28(35)38)14-21-15-23(30)10-11-24(21)40-2/h3-12,15,18,22H,13-14,16-17H2,1-2H3,(H,32,34)(H,33,39)(H,36,37)/t18?,22-/m1/s1. The van der Waals surface area contributed by atoms with Crippen molar-refractivity contribution in [2.75, 3.05) is 20.2 Å². The fourth-order valence-electron chi connectivity index (χ4n) is 4.35. The largest absolute Gasteiger partial charge is 0.496 e. The summed E-state index contributed by atoms with van der Waals surface area (Å²) in [6.07, 6.45) is 1.72. The number of ether oxygens (including phenoxy) is 1. The van der Waals surface area contributed by atoms with Gasteiger partial charge in [-0.05, 0) is 54.3 Å². The molecule has 3 amide bonds. The number of urea groups is 1. The monoisotopic (exact) mass is 579 g/mol. The van der Waals surface area contributed by atoms with Crippen LogP contribution in [0.15, 0.2) is 72.0 Å². The van der Waals surface area contributed by atoms with E-state index in [4.69, 9.17) is 26.3 Å². The molecule has 3 N–H and O–H groups in total. The van der Waals surface area contributed by atoms with Gasteiger partial charge in [-0.3, -0.25) is 14.5 Å². The number of amides is 3. The Hall–Kier alpha value is -4.64. The number of rotatable bonds is 9. The Labute approximate surface area is 242 Å². The number of aromatic nitrogens is 1. The maximum absolute atomic E-state index is 13.7. The van der Waals surface area contributed by atoms with Gasteiger partial charge in [-0.2, -0.15) is 0 Å². The Kier molecular flexibility index (Phi) is 9.75. The highest BCUT2D eigenvalue weighted by atomic mass is 35.5. The fraction of sp³-hybridized carbons (Fsp3) is 0.276. The highest BCUT2D eigenvalue weighted by Crippen LogP contribution is 2.26. The van der Waals surface area contributed by atoms with Crippen LogP contribution in [0.2, 0.25) is 5.02 Å². The number of hydrogen-bond donors (Lipinski definition) is 3. The molecular formula is C29H30ClN5O6. The molecule has 1 fully saturated rings. The average molecular weight is 580 g/mol. The van der Waals surface area contributed by atoms with Crippen molar-refractivity contribution in [3.63, 3.8) is 0 Å². The molecule has 1 aromatic heterocycles. The highest BCUT2D eigenvalue weighted by molar-refractivity contribution is 6.30. The molecule has 1 aliphatic rings. The topological polar surface area (TPSA) is 142 Å². The van der Waals surface area contributed by atoms with E-state index in [0.29, 0.717) is 16.3 Å². The lowest BCUT2D eigenvalue weighted by molar-refractivity contribution is -0.136. The van der Waals surface area contributed by atoms with Gasteiger partial charge in [0.2, 0.25) is 11.8 Å². The lowest BCUT2D eigenvalue weighted by Crippen LogP contribution is -2.48. The minimum Gasteiger partial charge on any atom is -0.496 e. The zero-order chi connectivity index (χ0) is 29.4. The number of carbonyl (C=O) groups excluding carboxylic acids is 2. The quantitative estimate of drug-likeness (QED) is 0.325. The summed E-state index contributed by atoms with van der Waals surface area (Å²) in [4.78, 5) is 48.8. The summed E-state index contributed by atoms with van der Waals surface area (Å²) in [6, 6.07) is 16.1. The van der Waals surface area contributed by atoms with Crippen molar-refractivity contribution in [1.82, 2.24) is 20.5 Å². The van der Waals surface area contributed by atoms with Crippen molar-refractivity contribution in [2.45, 2.75) is 25.8 Å². The Morgan fingerprint density at radius 2 is 2.00 bits per heavy atom. The van der Waals surface area contributed by atoms with Crippen LogP contribution < -0.4 is 20.2 Å². The Balaban J connectivity index is 1.56. The predicted molar refractivity (Wildman–Crippen MR) is 152 cm³/mol. The first-order valence-corrected chi connectivity index (χ1v) is 13.2. The molecular weight excluding hydrogens is 550 g/mol. The molecule has 0 aliphatic carbocycles. The summed E-state index contributed by atoms with van der Waals surface area (Å²) in [5.74, 6) is -0.888. The summed E-state index contributed by atoms with van der Waals surface area (Å²) in [7, 11) is 1.54. The van der Waals surface area contributed by atoms with Gasteiger partial charge in [0.15, 0.2) is 5.84 Å². The maximum atomic E-state index is 13.7. The number of benzene rings is 2. The number of halogens is 1. The predicted octanol–water partition coefficient (Wildman–Crippen LogP) is 3.82. The average Bonchev–Trinajstić information content (AvgIpc) is 3.11. The first kappa shape index (κ1) is 29.3. The Bertz CT molecular complexity index is 1420. The molecule has 0 saturated carbocycles. The van der Waals surface area contributed by atoms with Gasteiger partial charge in [0.25, 0.3) is 0 Å². The maximum Gasteiger partial charge on any atom is 0.325 e. The molecule has 0 spiro atoms. The van der Waals surface area contributed by atoms with E-state index in [2.05, 4.69) is 20.8 Å². The molecule has 41 heavy (non-hydrogen) atoms. The summed E-state index contributed by atoms with van der Waals surface area (Å²) in [5.41, 5.74) is 2.11. The Morgan fingerprint density at radius 1 is 1.22 bits per heavy atom. The third-order valence-electron chi connectivity index (χ3n) is 6.49. The molecule has 3 aromatic rings. The lowest BCUT2D eigenvalue weighted by Gasteiger charge is -2.25. The molecule has 12 heteroatoms. The van der Waals surface area contributed by atoms with Crippen LogP contribution in [0.3, 0.4) is 0 Å². The van der Waals surface area contributed by atoms with E-state index in [9.17, 15) is 14.4 Å². The number of hydrogen-bond acceptors (Lipinski definition) is 7. The first-order valence-electron chi connectivity index (χ1n) is 12.9. The van der Waals surface area contributed by atoms with Crippen LogP contribution in [0.5, 0.6) is 11.6 Å². The SMILES string of the molecule is COc1ccc(Cl)cc1C[C@@H]1CN/C(=N\Oc2ccccn2)CN(C(=O)NC(C)c2ccc(CC(=O)O)cc2)C1=O. The number of nitrogens with one attached hydrogen (secondary N) is 2. The molecule has 214 valence electrons. The number of carboxylic acids is 1. The summed E-state index contributed by atoms with van der Waals surface area (Å²) < 4.78 is 5.46. The normalized spacial score (nSPS) is 16.9.